The molecule has 0 aliphatic carbocycles. The van der Waals surface area contributed by atoms with E-state index in [1.807, 2.05) is 11.8 Å². The summed E-state index contributed by atoms with van der Waals surface area (Å²) in [6.45, 7) is 5.45. The highest BCUT2D eigenvalue weighted by Crippen LogP contribution is 2.30. The summed E-state index contributed by atoms with van der Waals surface area (Å²) in [6.07, 6.45) is 2.10. The van der Waals surface area contributed by atoms with Crippen LogP contribution < -0.4 is 5.32 Å². The molecule has 1 N–H and O–H groups in total. The number of hydrogen-bond acceptors (Lipinski definition) is 4. The molecular weight excluding hydrogens is 248 g/mol. The second kappa shape index (κ2) is 5.83. The lowest BCUT2D eigenvalue weighted by molar-refractivity contribution is 0.621. The highest BCUT2D eigenvalue weighted by Gasteiger charge is 2.22. The summed E-state index contributed by atoms with van der Waals surface area (Å²) in [6, 6.07) is 8.37. The van der Waals surface area contributed by atoms with Crippen molar-refractivity contribution in [3.63, 3.8) is 0 Å². The van der Waals surface area contributed by atoms with Crippen LogP contribution in [0.1, 0.15) is 13.8 Å². The number of nitrogens with one attached hydrogen (secondary N) is 1. The lowest BCUT2D eigenvalue weighted by Gasteiger charge is -2.13. The van der Waals surface area contributed by atoms with Gasteiger partial charge in [-0.15, -0.1) is 11.8 Å². The van der Waals surface area contributed by atoms with Gasteiger partial charge in [0.05, 0.1) is 12.2 Å². The van der Waals surface area contributed by atoms with Crippen molar-refractivity contribution in [3.8, 4) is 0 Å². The molecule has 0 radical (unpaired) electrons. The standard InChI is InChI=1S/C13H18N2S2/c1-9(2)12-8-14-13(17-12)15-10-6-4-5-7-11(10)16-3/h4-7,9,12H,8H2,1-3H3,(H,14,15). The van der Waals surface area contributed by atoms with Gasteiger partial charge in [-0.3, -0.25) is 4.99 Å². The zero-order valence-electron chi connectivity index (χ0n) is 10.4. The van der Waals surface area contributed by atoms with Crippen molar-refractivity contribution in [2.75, 3.05) is 18.1 Å². The van der Waals surface area contributed by atoms with Crippen LogP contribution in [-0.4, -0.2) is 23.2 Å². The molecule has 0 aromatic heterocycles. The zero-order valence-corrected chi connectivity index (χ0v) is 12.1. The summed E-state index contributed by atoms with van der Waals surface area (Å²) in [5, 5.41) is 5.12. The number of benzene rings is 1. The fraction of sp³-hybridized carbons (Fsp3) is 0.462. The van der Waals surface area contributed by atoms with E-state index in [1.54, 1.807) is 11.8 Å². The molecule has 1 aliphatic heterocycles. The van der Waals surface area contributed by atoms with E-state index in [-0.39, 0.29) is 0 Å². The highest BCUT2D eigenvalue weighted by atomic mass is 32.2. The summed E-state index contributed by atoms with van der Waals surface area (Å²) in [4.78, 5) is 5.84. The van der Waals surface area contributed by atoms with Crippen LogP contribution in [0.3, 0.4) is 0 Å². The minimum atomic E-state index is 0.624. The lowest BCUT2D eigenvalue weighted by Crippen LogP contribution is -2.13. The number of hydrogen-bond donors (Lipinski definition) is 1. The van der Waals surface area contributed by atoms with Gasteiger partial charge in [-0.25, -0.2) is 0 Å². The number of aliphatic imine (C=N–C) groups is 1. The molecule has 0 amide bonds. The Kier molecular flexibility index (Phi) is 4.40. The van der Waals surface area contributed by atoms with Gasteiger partial charge in [0.25, 0.3) is 0 Å². The van der Waals surface area contributed by atoms with Crippen molar-refractivity contribution in [2.24, 2.45) is 10.9 Å². The molecule has 1 aromatic rings. The first-order valence-corrected chi connectivity index (χ1v) is 7.92. The molecule has 2 rings (SSSR count). The summed E-state index contributed by atoms with van der Waals surface area (Å²) < 4.78 is 0. The molecule has 0 saturated heterocycles. The summed E-state index contributed by atoms with van der Waals surface area (Å²) in [5.74, 6) is 0.679. The van der Waals surface area contributed by atoms with Gasteiger partial charge >= 0.3 is 0 Å². The van der Waals surface area contributed by atoms with Gasteiger partial charge in [-0.05, 0) is 24.3 Å². The van der Waals surface area contributed by atoms with E-state index in [0.29, 0.717) is 11.2 Å². The van der Waals surface area contributed by atoms with Crippen LogP contribution in [0.25, 0.3) is 0 Å². The largest absolute Gasteiger partial charge is 0.334 e. The van der Waals surface area contributed by atoms with Crippen molar-refractivity contribution in [3.05, 3.63) is 24.3 Å². The minimum Gasteiger partial charge on any atom is -0.334 e. The first kappa shape index (κ1) is 12.8. The Morgan fingerprint density at radius 3 is 2.82 bits per heavy atom. The second-order valence-corrected chi connectivity index (χ2v) is 6.45. The van der Waals surface area contributed by atoms with Crippen molar-refractivity contribution in [2.45, 2.75) is 24.0 Å². The summed E-state index contributed by atoms with van der Waals surface area (Å²) in [5.41, 5.74) is 1.16. The third kappa shape index (κ3) is 3.19. The maximum absolute atomic E-state index is 4.57. The normalized spacial score (nSPS) is 19.5. The number of rotatable bonds is 3. The number of para-hydroxylation sites is 1. The third-order valence-corrected chi connectivity index (χ3v) is 5.02. The van der Waals surface area contributed by atoms with E-state index in [2.05, 4.69) is 54.7 Å². The van der Waals surface area contributed by atoms with E-state index < -0.39 is 0 Å². The van der Waals surface area contributed by atoms with Crippen LogP contribution in [0.2, 0.25) is 0 Å². The van der Waals surface area contributed by atoms with E-state index in [9.17, 15) is 0 Å². The molecule has 1 heterocycles. The molecule has 2 nitrogen and oxygen atoms in total. The van der Waals surface area contributed by atoms with Crippen LogP contribution in [0.5, 0.6) is 0 Å². The highest BCUT2D eigenvalue weighted by molar-refractivity contribution is 8.15. The molecule has 1 aliphatic rings. The Morgan fingerprint density at radius 2 is 2.18 bits per heavy atom. The first-order valence-electron chi connectivity index (χ1n) is 5.82. The predicted octanol–water partition coefficient (Wildman–Crippen LogP) is 3.95. The van der Waals surface area contributed by atoms with Crippen LogP contribution in [0, 0.1) is 5.92 Å². The number of amidine groups is 1. The number of anilines is 1. The van der Waals surface area contributed by atoms with Crippen molar-refractivity contribution in [1.82, 2.24) is 0 Å². The minimum absolute atomic E-state index is 0.624. The van der Waals surface area contributed by atoms with Crippen molar-refractivity contribution in [1.29, 1.82) is 0 Å². The SMILES string of the molecule is CSc1ccccc1NC1=NCC(C(C)C)S1. The Balaban J connectivity index is 2.03. The lowest BCUT2D eigenvalue weighted by atomic mass is 10.1. The van der Waals surface area contributed by atoms with Gasteiger partial charge in [-0.1, -0.05) is 37.7 Å². The monoisotopic (exact) mass is 266 g/mol. The Hall–Kier alpha value is -0.610. The second-order valence-electron chi connectivity index (χ2n) is 4.37. The van der Waals surface area contributed by atoms with Crippen LogP contribution in [0.15, 0.2) is 34.2 Å². The average Bonchev–Trinajstić information content (AvgIpc) is 2.78. The fourth-order valence-corrected chi connectivity index (χ4v) is 3.25. The molecule has 1 aromatic carbocycles. The topological polar surface area (TPSA) is 24.4 Å². The van der Waals surface area contributed by atoms with Crippen LogP contribution >= 0.6 is 23.5 Å². The van der Waals surface area contributed by atoms with Crippen molar-refractivity contribution >= 4 is 34.4 Å². The fourth-order valence-electron chi connectivity index (χ4n) is 1.67. The maximum atomic E-state index is 4.57. The Morgan fingerprint density at radius 1 is 1.41 bits per heavy atom. The smallest absolute Gasteiger partial charge is 0.161 e. The quantitative estimate of drug-likeness (QED) is 0.838. The number of nitrogens with zero attached hydrogens (tertiary/aromatic N) is 1. The molecule has 0 saturated carbocycles. The van der Waals surface area contributed by atoms with Gasteiger partial charge in [0, 0.05) is 10.1 Å². The molecule has 0 fully saturated rings. The molecule has 1 unspecified atom stereocenters. The molecular formula is C13H18N2S2. The predicted molar refractivity (Wildman–Crippen MR) is 80.4 cm³/mol. The van der Waals surface area contributed by atoms with Gasteiger partial charge in [0.1, 0.15) is 0 Å². The van der Waals surface area contributed by atoms with Crippen molar-refractivity contribution < 1.29 is 0 Å². The maximum Gasteiger partial charge on any atom is 0.161 e. The summed E-state index contributed by atoms with van der Waals surface area (Å²) >= 11 is 3.62. The van der Waals surface area contributed by atoms with Gasteiger partial charge in [0.15, 0.2) is 5.17 Å². The molecule has 1 atom stereocenters. The molecule has 0 bridgehead atoms. The molecule has 17 heavy (non-hydrogen) atoms. The van der Waals surface area contributed by atoms with Gasteiger partial charge in [-0.2, -0.15) is 0 Å². The van der Waals surface area contributed by atoms with Crippen LogP contribution in [-0.2, 0) is 0 Å². The van der Waals surface area contributed by atoms with Crippen LogP contribution in [0.4, 0.5) is 5.69 Å². The van der Waals surface area contributed by atoms with E-state index in [1.165, 1.54) is 4.90 Å². The van der Waals surface area contributed by atoms with E-state index in [4.69, 9.17) is 0 Å². The van der Waals surface area contributed by atoms with E-state index in [0.717, 1.165) is 17.4 Å². The molecule has 92 valence electrons. The third-order valence-electron chi connectivity index (χ3n) is 2.77. The van der Waals surface area contributed by atoms with E-state index >= 15 is 0 Å². The molecule has 4 heteroatoms. The number of thioether (sulfide) groups is 2. The Labute approximate surface area is 112 Å². The Bertz CT molecular complexity index is 416. The zero-order chi connectivity index (χ0) is 12.3. The average molecular weight is 266 g/mol. The summed E-state index contributed by atoms with van der Waals surface area (Å²) in [7, 11) is 0. The molecule has 0 spiro atoms. The van der Waals surface area contributed by atoms with Gasteiger partial charge in [0.2, 0.25) is 0 Å². The first-order chi connectivity index (χ1) is 8.20. The van der Waals surface area contributed by atoms with Gasteiger partial charge < -0.3 is 5.32 Å².